The first-order valence-electron chi connectivity index (χ1n) is 6.72. The van der Waals surface area contributed by atoms with Crippen molar-refractivity contribution in [1.82, 2.24) is 4.90 Å². The molecule has 3 heteroatoms. The molecule has 16 heavy (non-hydrogen) atoms. The van der Waals surface area contributed by atoms with E-state index in [2.05, 4.69) is 4.90 Å². The van der Waals surface area contributed by atoms with Crippen molar-refractivity contribution >= 4 is 0 Å². The number of nitrogens with zero attached hydrogens (tertiary/aromatic N) is 1. The van der Waals surface area contributed by atoms with Crippen LogP contribution in [-0.2, 0) is 4.74 Å². The zero-order chi connectivity index (χ0) is 11.4. The first-order chi connectivity index (χ1) is 7.80. The maximum Gasteiger partial charge on any atom is 0.0534 e. The summed E-state index contributed by atoms with van der Waals surface area (Å²) < 4.78 is 5.49. The third-order valence-electron chi connectivity index (χ3n) is 4.47. The summed E-state index contributed by atoms with van der Waals surface area (Å²) in [5.41, 5.74) is 6.07. The van der Waals surface area contributed by atoms with Crippen LogP contribution < -0.4 is 5.73 Å². The summed E-state index contributed by atoms with van der Waals surface area (Å²) in [5.74, 6) is 0.874. The maximum atomic E-state index is 5.59. The van der Waals surface area contributed by atoms with Crippen molar-refractivity contribution in [2.24, 2.45) is 17.1 Å². The quantitative estimate of drug-likeness (QED) is 0.771. The van der Waals surface area contributed by atoms with Gasteiger partial charge in [0.15, 0.2) is 0 Å². The van der Waals surface area contributed by atoms with E-state index in [0.717, 1.165) is 25.5 Å². The molecule has 2 atom stereocenters. The topological polar surface area (TPSA) is 38.5 Å². The van der Waals surface area contributed by atoms with Crippen LogP contribution in [0, 0.1) is 11.3 Å². The van der Waals surface area contributed by atoms with Gasteiger partial charge in [-0.05, 0) is 38.3 Å². The lowest BCUT2D eigenvalue weighted by Gasteiger charge is -2.38. The fourth-order valence-electron chi connectivity index (χ4n) is 3.70. The largest absolute Gasteiger partial charge is 0.384 e. The second-order valence-electron chi connectivity index (χ2n) is 5.62. The maximum absolute atomic E-state index is 5.59. The van der Waals surface area contributed by atoms with Gasteiger partial charge in [0.2, 0.25) is 0 Å². The molecule has 1 heterocycles. The molecular formula is C13H26N2O. The van der Waals surface area contributed by atoms with Crippen molar-refractivity contribution in [3.05, 3.63) is 0 Å². The molecule has 2 rings (SSSR count). The Balaban J connectivity index is 1.96. The van der Waals surface area contributed by atoms with E-state index in [1.807, 2.05) is 7.11 Å². The Morgan fingerprint density at radius 1 is 1.44 bits per heavy atom. The highest BCUT2D eigenvalue weighted by molar-refractivity contribution is 4.98. The van der Waals surface area contributed by atoms with Gasteiger partial charge in [-0.15, -0.1) is 0 Å². The van der Waals surface area contributed by atoms with Crippen molar-refractivity contribution in [2.75, 3.05) is 39.9 Å². The third-order valence-corrected chi connectivity index (χ3v) is 4.47. The Morgan fingerprint density at radius 3 is 3.06 bits per heavy atom. The number of likely N-dealkylation sites (tertiary alicyclic amines) is 1. The highest BCUT2D eigenvalue weighted by Gasteiger charge is 2.47. The molecule has 0 bridgehead atoms. The summed E-state index contributed by atoms with van der Waals surface area (Å²) in [6.07, 6.45) is 6.72. The van der Waals surface area contributed by atoms with Crippen molar-refractivity contribution in [3.8, 4) is 0 Å². The van der Waals surface area contributed by atoms with E-state index in [1.165, 1.54) is 45.3 Å². The number of hydrogen-bond donors (Lipinski definition) is 1. The summed E-state index contributed by atoms with van der Waals surface area (Å²) >= 11 is 0. The highest BCUT2D eigenvalue weighted by Crippen LogP contribution is 2.46. The average molecular weight is 226 g/mol. The van der Waals surface area contributed by atoms with Crippen LogP contribution >= 0.6 is 0 Å². The molecular weight excluding hydrogens is 200 g/mol. The fraction of sp³-hybridized carbons (Fsp3) is 1.00. The van der Waals surface area contributed by atoms with Gasteiger partial charge in [-0.3, -0.25) is 0 Å². The Labute approximate surface area is 99.3 Å². The lowest BCUT2D eigenvalue weighted by molar-refractivity contribution is 0.0298. The lowest BCUT2D eigenvalue weighted by atomic mass is 9.69. The molecule has 1 aliphatic carbocycles. The molecule has 2 fully saturated rings. The van der Waals surface area contributed by atoms with Gasteiger partial charge in [-0.1, -0.05) is 12.8 Å². The minimum Gasteiger partial charge on any atom is -0.384 e. The summed E-state index contributed by atoms with van der Waals surface area (Å²) in [6.45, 7) is 5.47. The minimum atomic E-state index is 0.474. The van der Waals surface area contributed by atoms with E-state index in [0.29, 0.717) is 5.41 Å². The van der Waals surface area contributed by atoms with Crippen molar-refractivity contribution < 1.29 is 4.74 Å². The highest BCUT2D eigenvalue weighted by atomic mass is 16.5. The molecule has 0 amide bonds. The predicted molar refractivity (Wildman–Crippen MR) is 66.4 cm³/mol. The molecule has 0 aromatic heterocycles. The van der Waals surface area contributed by atoms with E-state index in [4.69, 9.17) is 10.5 Å². The van der Waals surface area contributed by atoms with Gasteiger partial charge in [0.25, 0.3) is 0 Å². The van der Waals surface area contributed by atoms with E-state index in [9.17, 15) is 0 Å². The zero-order valence-electron chi connectivity index (χ0n) is 10.6. The van der Waals surface area contributed by atoms with Crippen molar-refractivity contribution in [1.29, 1.82) is 0 Å². The standard InChI is InChI=1S/C13H26N2O/c1-16-11-13-6-3-2-5-12(13)9-15(10-13)8-4-7-14/h12H,2-11,14H2,1H3/t12-,13-/m0/s1. The van der Waals surface area contributed by atoms with Gasteiger partial charge in [-0.25, -0.2) is 0 Å². The fourth-order valence-corrected chi connectivity index (χ4v) is 3.70. The smallest absolute Gasteiger partial charge is 0.0534 e. The first-order valence-corrected chi connectivity index (χ1v) is 6.72. The monoisotopic (exact) mass is 226 g/mol. The second kappa shape index (κ2) is 5.48. The zero-order valence-corrected chi connectivity index (χ0v) is 10.6. The molecule has 0 radical (unpaired) electrons. The molecule has 3 nitrogen and oxygen atoms in total. The van der Waals surface area contributed by atoms with Gasteiger partial charge >= 0.3 is 0 Å². The van der Waals surface area contributed by atoms with Crippen LogP contribution in [0.3, 0.4) is 0 Å². The Hall–Kier alpha value is -0.120. The van der Waals surface area contributed by atoms with E-state index >= 15 is 0 Å². The first kappa shape index (κ1) is 12.3. The second-order valence-corrected chi connectivity index (χ2v) is 5.62. The minimum absolute atomic E-state index is 0.474. The van der Waals surface area contributed by atoms with E-state index < -0.39 is 0 Å². The summed E-state index contributed by atoms with van der Waals surface area (Å²) in [4.78, 5) is 2.61. The van der Waals surface area contributed by atoms with Gasteiger partial charge in [0, 0.05) is 25.6 Å². The predicted octanol–water partition coefficient (Wildman–Crippen LogP) is 1.47. The van der Waals surface area contributed by atoms with E-state index in [-0.39, 0.29) is 0 Å². The number of nitrogens with two attached hydrogens (primary N) is 1. The molecule has 2 aliphatic rings. The lowest BCUT2D eigenvalue weighted by Crippen LogP contribution is -2.37. The van der Waals surface area contributed by atoms with Crippen LogP contribution in [0.25, 0.3) is 0 Å². The van der Waals surface area contributed by atoms with Gasteiger partial charge < -0.3 is 15.4 Å². The SMILES string of the molecule is COC[C@@]12CCCC[C@H]1CN(CCCN)C2. The summed E-state index contributed by atoms with van der Waals surface area (Å²) in [5, 5.41) is 0. The molecule has 0 spiro atoms. The van der Waals surface area contributed by atoms with Crippen LogP contribution in [0.5, 0.6) is 0 Å². The van der Waals surface area contributed by atoms with Crippen LogP contribution in [0.2, 0.25) is 0 Å². The molecule has 0 aromatic carbocycles. The number of rotatable bonds is 5. The summed E-state index contributed by atoms with van der Waals surface area (Å²) in [7, 11) is 1.85. The Morgan fingerprint density at radius 2 is 2.31 bits per heavy atom. The number of methoxy groups -OCH3 is 1. The van der Waals surface area contributed by atoms with Gasteiger partial charge in [0.05, 0.1) is 6.61 Å². The molecule has 0 aromatic rings. The van der Waals surface area contributed by atoms with Gasteiger partial charge in [-0.2, -0.15) is 0 Å². The summed E-state index contributed by atoms with van der Waals surface area (Å²) in [6, 6.07) is 0. The molecule has 0 unspecified atom stereocenters. The van der Waals surface area contributed by atoms with Crippen molar-refractivity contribution in [3.63, 3.8) is 0 Å². The number of fused-ring (bicyclic) bond motifs is 1. The van der Waals surface area contributed by atoms with E-state index in [1.54, 1.807) is 0 Å². The molecule has 2 N–H and O–H groups in total. The van der Waals surface area contributed by atoms with Crippen LogP contribution in [0.1, 0.15) is 32.1 Å². The van der Waals surface area contributed by atoms with Crippen molar-refractivity contribution in [2.45, 2.75) is 32.1 Å². The van der Waals surface area contributed by atoms with Crippen LogP contribution in [-0.4, -0.2) is 44.8 Å². The third kappa shape index (κ3) is 2.41. The average Bonchev–Trinajstić information content (AvgIpc) is 2.65. The van der Waals surface area contributed by atoms with Crippen LogP contribution in [0.15, 0.2) is 0 Å². The normalized spacial score (nSPS) is 35.2. The number of ether oxygens (including phenoxy) is 1. The molecule has 1 aliphatic heterocycles. The molecule has 1 saturated carbocycles. The molecule has 94 valence electrons. The Bertz CT molecular complexity index is 218. The number of hydrogen-bond acceptors (Lipinski definition) is 3. The Kier molecular flexibility index (Phi) is 4.22. The van der Waals surface area contributed by atoms with Crippen LogP contribution in [0.4, 0.5) is 0 Å². The van der Waals surface area contributed by atoms with Gasteiger partial charge in [0.1, 0.15) is 0 Å². The molecule has 1 saturated heterocycles.